The average Bonchev–Trinajstić information content (AvgIpc) is 3.27. The fraction of sp³-hybridized carbons (Fsp3) is 0.524. The van der Waals surface area contributed by atoms with Gasteiger partial charge in [0.25, 0.3) is 11.6 Å². The van der Waals surface area contributed by atoms with Gasteiger partial charge < -0.3 is 15.0 Å². The van der Waals surface area contributed by atoms with E-state index in [-0.39, 0.29) is 17.2 Å². The normalized spacial score (nSPS) is 16.3. The zero-order chi connectivity index (χ0) is 20.6. The van der Waals surface area contributed by atoms with Crippen molar-refractivity contribution in [3.8, 4) is 0 Å². The maximum atomic E-state index is 12.2. The first kappa shape index (κ1) is 20.8. The van der Waals surface area contributed by atoms with Crippen LogP contribution in [-0.4, -0.2) is 43.0 Å². The topological polar surface area (TPSA) is 102 Å². The fourth-order valence-electron chi connectivity index (χ4n) is 3.78. The van der Waals surface area contributed by atoms with Gasteiger partial charge in [0.1, 0.15) is 5.69 Å². The standard InChI is InChI=1S/C21H27N3O5/c25-20(22-11-10-16-6-2-1-3-7-16)15-29-21(26)17-8-9-18(19(14-17)24(27)28)23-12-4-5-13-23/h6,8-9,14H,1-5,7,10-13,15H2,(H,22,25). The number of anilines is 1. The predicted octanol–water partition coefficient (Wildman–Crippen LogP) is 3.36. The smallest absolute Gasteiger partial charge is 0.338 e. The summed E-state index contributed by atoms with van der Waals surface area (Å²) >= 11 is 0. The summed E-state index contributed by atoms with van der Waals surface area (Å²) in [6.07, 6.45) is 9.63. The lowest BCUT2D eigenvalue weighted by molar-refractivity contribution is -0.384. The number of benzene rings is 1. The molecule has 1 aromatic carbocycles. The molecule has 0 bridgehead atoms. The number of ether oxygens (including phenoxy) is 1. The molecule has 0 unspecified atom stereocenters. The third kappa shape index (κ3) is 5.79. The fourth-order valence-corrected chi connectivity index (χ4v) is 3.78. The number of hydrogen-bond donors (Lipinski definition) is 1. The van der Waals surface area contributed by atoms with Crippen molar-refractivity contribution in [3.05, 3.63) is 45.5 Å². The minimum Gasteiger partial charge on any atom is -0.452 e. The van der Waals surface area contributed by atoms with Crippen molar-refractivity contribution in [2.75, 3.05) is 31.1 Å². The van der Waals surface area contributed by atoms with Crippen molar-refractivity contribution in [2.24, 2.45) is 0 Å². The summed E-state index contributed by atoms with van der Waals surface area (Å²) in [5.74, 6) is -1.12. The molecule has 1 heterocycles. The lowest BCUT2D eigenvalue weighted by atomic mass is 9.97. The van der Waals surface area contributed by atoms with Crippen molar-refractivity contribution in [1.82, 2.24) is 5.32 Å². The van der Waals surface area contributed by atoms with Gasteiger partial charge in [-0.1, -0.05) is 11.6 Å². The number of amides is 1. The molecular formula is C21H27N3O5. The molecule has 156 valence electrons. The molecule has 8 nitrogen and oxygen atoms in total. The lowest BCUT2D eigenvalue weighted by Crippen LogP contribution is -2.30. The first-order valence-electron chi connectivity index (χ1n) is 10.2. The largest absolute Gasteiger partial charge is 0.452 e. The summed E-state index contributed by atoms with van der Waals surface area (Å²) in [5, 5.41) is 14.2. The summed E-state index contributed by atoms with van der Waals surface area (Å²) < 4.78 is 5.03. The van der Waals surface area contributed by atoms with Gasteiger partial charge in [0.2, 0.25) is 0 Å². The van der Waals surface area contributed by atoms with Crippen LogP contribution in [0.25, 0.3) is 0 Å². The van der Waals surface area contributed by atoms with Crippen LogP contribution < -0.4 is 10.2 Å². The Morgan fingerprint density at radius 3 is 2.66 bits per heavy atom. The van der Waals surface area contributed by atoms with E-state index < -0.39 is 17.5 Å². The van der Waals surface area contributed by atoms with Gasteiger partial charge in [0.05, 0.1) is 10.5 Å². The number of carbonyl (C=O) groups excluding carboxylic acids is 2. The van der Waals surface area contributed by atoms with Gasteiger partial charge in [-0.25, -0.2) is 4.79 Å². The summed E-state index contributed by atoms with van der Waals surface area (Å²) in [6, 6.07) is 4.32. The van der Waals surface area contributed by atoms with E-state index in [0.29, 0.717) is 12.2 Å². The second-order valence-corrected chi connectivity index (χ2v) is 7.44. The first-order chi connectivity index (χ1) is 14.0. The van der Waals surface area contributed by atoms with Gasteiger partial charge in [-0.05, 0) is 57.1 Å². The van der Waals surface area contributed by atoms with E-state index >= 15 is 0 Å². The molecular weight excluding hydrogens is 374 g/mol. The van der Waals surface area contributed by atoms with Crippen molar-refractivity contribution >= 4 is 23.3 Å². The Bertz CT molecular complexity index is 800. The summed E-state index contributed by atoms with van der Waals surface area (Å²) in [5.41, 5.74) is 1.82. The molecule has 0 aromatic heterocycles. The predicted molar refractivity (Wildman–Crippen MR) is 109 cm³/mol. The second kappa shape index (κ2) is 10.0. The van der Waals surface area contributed by atoms with Crippen LogP contribution in [0.4, 0.5) is 11.4 Å². The highest BCUT2D eigenvalue weighted by Gasteiger charge is 2.24. The minimum atomic E-state index is -0.744. The highest BCUT2D eigenvalue weighted by molar-refractivity contribution is 5.93. The zero-order valence-corrected chi connectivity index (χ0v) is 16.5. The van der Waals surface area contributed by atoms with Crippen LogP contribution in [0.2, 0.25) is 0 Å². The van der Waals surface area contributed by atoms with E-state index in [4.69, 9.17) is 4.74 Å². The summed E-state index contributed by atoms with van der Waals surface area (Å²) in [7, 11) is 0. The molecule has 8 heteroatoms. The number of nitro groups is 1. The molecule has 3 rings (SSSR count). The number of esters is 1. The maximum Gasteiger partial charge on any atom is 0.338 e. The van der Waals surface area contributed by atoms with Crippen LogP contribution >= 0.6 is 0 Å². The van der Waals surface area contributed by atoms with Crippen LogP contribution in [0.3, 0.4) is 0 Å². The number of allylic oxidation sites excluding steroid dienone is 1. The highest BCUT2D eigenvalue weighted by atomic mass is 16.6. The van der Waals surface area contributed by atoms with E-state index in [1.165, 1.54) is 30.5 Å². The monoisotopic (exact) mass is 401 g/mol. The molecule has 1 aromatic rings. The van der Waals surface area contributed by atoms with Crippen molar-refractivity contribution in [1.29, 1.82) is 0 Å². The number of nitrogens with one attached hydrogen (secondary N) is 1. The molecule has 1 N–H and O–H groups in total. The molecule has 1 saturated heterocycles. The van der Waals surface area contributed by atoms with Gasteiger partial charge in [0.15, 0.2) is 6.61 Å². The molecule has 1 amide bonds. The van der Waals surface area contributed by atoms with E-state index in [2.05, 4.69) is 11.4 Å². The number of nitrogens with zero attached hydrogens (tertiary/aromatic N) is 2. The van der Waals surface area contributed by atoms with Crippen LogP contribution in [0.1, 0.15) is 55.3 Å². The van der Waals surface area contributed by atoms with Crippen LogP contribution in [-0.2, 0) is 9.53 Å². The van der Waals surface area contributed by atoms with Crippen LogP contribution in [0, 0.1) is 10.1 Å². The summed E-state index contributed by atoms with van der Waals surface area (Å²) in [4.78, 5) is 37.0. The first-order valence-corrected chi connectivity index (χ1v) is 10.2. The Morgan fingerprint density at radius 2 is 1.97 bits per heavy atom. The quantitative estimate of drug-likeness (QED) is 0.310. The molecule has 2 aliphatic rings. The second-order valence-electron chi connectivity index (χ2n) is 7.44. The highest BCUT2D eigenvalue weighted by Crippen LogP contribution is 2.31. The third-order valence-electron chi connectivity index (χ3n) is 5.34. The molecule has 1 fully saturated rings. The van der Waals surface area contributed by atoms with Crippen LogP contribution in [0.15, 0.2) is 29.8 Å². The molecule has 1 aliphatic heterocycles. The SMILES string of the molecule is O=C(COC(=O)c1ccc(N2CCCC2)c([N+](=O)[O-])c1)NCCC1=CCCCC1. The zero-order valence-electron chi connectivity index (χ0n) is 16.5. The van der Waals surface area contributed by atoms with Gasteiger partial charge >= 0.3 is 5.97 Å². The van der Waals surface area contributed by atoms with E-state index in [0.717, 1.165) is 45.2 Å². The van der Waals surface area contributed by atoms with Gasteiger partial charge in [-0.15, -0.1) is 0 Å². The Hall–Kier alpha value is -2.90. The molecule has 0 saturated carbocycles. The van der Waals surface area contributed by atoms with E-state index in [1.54, 1.807) is 6.07 Å². The molecule has 1 aliphatic carbocycles. The molecule has 0 atom stereocenters. The van der Waals surface area contributed by atoms with Gasteiger partial charge in [-0.2, -0.15) is 0 Å². The van der Waals surface area contributed by atoms with E-state index in [9.17, 15) is 19.7 Å². The number of carbonyl (C=O) groups is 2. The van der Waals surface area contributed by atoms with Gasteiger partial charge in [-0.3, -0.25) is 14.9 Å². The van der Waals surface area contributed by atoms with E-state index in [1.807, 2.05) is 4.90 Å². The number of nitro benzene ring substituents is 1. The Kier molecular flexibility index (Phi) is 7.21. The summed E-state index contributed by atoms with van der Waals surface area (Å²) in [6.45, 7) is 1.64. The third-order valence-corrected chi connectivity index (χ3v) is 5.34. The Morgan fingerprint density at radius 1 is 1.17 bits per heavy atom. The number of hydrogen-bond acceptors (Lipinski definition) is 6. The molecule has 0 radical (unpaired) electrons. The minimum absolute atomic E-state index is 0.0693. The lowest BCUT2D eigenvalue weighted by Gasteiger charge is -2.17. The van der Waals surface area contributed by atoms with Crippen molar-refractivity contribution in [2.45, 2.75) is 44.9 Å². The Balaban J connectivity index is 1.50. The molecule has 0 spiro atoms. The van der Waals surface area contributed by atoms with Crippen LogP contribution in [0.5, 0.6) is 0 Å². The maximum absolute atomic E-state index is 12.2. The van der Waals surface area contributed by atoms with Crippen molar-refractivity contribution in [3.63, 3.8) is 0 Å². The van der Waals surface area contributed by atoms with Crippen molar-refractivity contribution < 1.29 is 19.2 Å². The van der Waals surface area contributed by atoms with Gasteiger partial charge in [0, 0.05) is 25.7 Å². The molecule has 29 heavy (non-hydrogen) atoms. The average molecular weight is 401 g/mol. The number of rotatable bonds is 8. The Labute approximate surface area is 170 Å².